The van der Waals surface area contributed by atoms with Crippen molar-refractivity contribution in [2.75, 3.05) is 5.32 Å². The standard InChI is InChI=1S/C18H11F4N3O3/c19-14-9-23-17(24-12-5-1-11(2-6-12)16(26)27)25-15(14)10-3-7-13(8-4-10)28-18(20,21)22/h1-9H,(H,26,27)(H,23,24,25). The molecule has 2 N–H and O–H groups in total. The van der Waals surface area contributed by atoms with E-state index in [0.29, 0.717) is 5.69 Å². The van der Waals surface area contributed by atoms with E-state index < -0.39 is 23.9 Å². The van der Waals surface area contributed by atoms with Gasteiger partial charge in [-0.15, -0.1) is 13.2 Å². The molecule has 0 aliphatic carbocycles. The lowest BCUT2D eigenvalue weighted by Crippen LogP contribution is -2.16. The Balaban J connectivity index is 1.82. The van der Waals surface area contributed by atoms with E-state index in [2.05, 4.69) is 20.0 Å². The largest absolute Gasteiger partial charge is 0.573 e. The van der Waals surface area contributed by atoms with E-state index in [9.17, 15) is 22.4 Å². The minimum Gasteiger partial charge on any atom is -0.478 e. The first kappa shape index (κ1) is 19.1. The fourth-order valence-electron chi connectivity index (χ4n) is 2.27. The number of hydrogen-bond acceptors (Lipinski definition) is 5. The van der Waals surface area contributed by atoms with Crippen molar-refractivity contribution < 1.29 is 32.2 Å². The molecule has 1 aromatic heterocycles. The fraction of sp³-hybridized carbons (Fsp3) is 0.0556. The summed E-state index contributed by atoms with van der Waals surface area (Å²) < 4.78 is 54.5. The predicted molar refractivity (Wildman–Crippen MR) is 90.8 cm³/mol. The zero-order valence-corrected chi connectivity index (χ0v) is 13.9. The molecule has 0 amide bonds. The number of benzene rings is 2. The number of rotatable bonds is 5. The zero-order chi connectivity index (χ0) is 20.3. The number of halogens is 4. The van der Waals surface area contributed by atoms with Crippen molar-refractivity contribution in [3.05, 3.63) is 66.1 Å². The van der Waals surface area contributed by atoms with E-state index in [-0.39, 0.29) is 22.8 Å². The maximum absolute atomic E-state index is 14.1. The summed E-state index contributed by atoms with van der Waals surface area (Å²) in [7, 11) is 0. The number of ether oxygens (including phenoxy) is 1. The quantitative estimate of drug-likeness (QED) is 0.616. The van der Waals surface area contributed by atoms with Gasteiger partial charge in [0.05, 0.1) is 11.8 Å². The highest BCUT2D eigenvalue weighted by atomic mass is 19.4. The van der Waals surface area contributed by atoms with E-state index in [1.807, 2.05) is 0 Å². The number of carboxylic acid groups (broad SMARTS) is 1. The van der Waals surface area contributed by atoms with Gasteiger partial charge in [-0.25, -0.2) is 19.2 Å². The zero-order valence-electron chi connectivity index (χ0n) is 13.9. The topological polar surface area (TPSA) is 84.3 Å². The molecule has 10 heteroatoms. The Morgan fingerprint density at radius 3 is 2.25 bits per heavy atom. The van der Waals surface area contributed by atoms with Crippen LogP contribution in [0.5, 0.6) is 5.75 Å². The Bertz CT molecular complexity index is 990. The smallest absolute Gasteiger partial charge is 0.478 e. The van der Waals surface area contributed by atoms with Crippen LogP contribution in [0.3, 0.4) is 0 Å². The summed E-state index contributed by atoms with van der Waals surface area (Å²) in [4.78, 5) is 18.7. The summed E-state index contributed by atoms with van der Waals surface area (Å²) in [5.41, 5.74) is 0.654. The van der Waals surface area contributed by atoms with Crippen molar-refractivity contribution in [1.29, 1.82) is 0 Å². The third-order valence-corrected chi connectivity index (χ3v) is 3.49. The minimum absolute atomic E-state index is 0.0232. The molecule has 0 spiro atoms. The van der Waals surface area contributed by atoms with E-state index in [0.717, 1.165) is 18.3 Å². The van der Waals surface area contributed by atoms with Crippen LogP contribution < -0.4 is 10.1 Å². The van der Waals surface area contributed by atoms with Crippen molar-refractivity contribution in [3.63, 3.8) is 0 Å². The lowest BCUT2D eigenvalue weighted by atomic mass is 10.1. The Labute approximate surface area is 155 Å². The number of aromatic carboxylic acids is 1. The first-order valence-corrected chi connectivity index (χ1v) is 7.70. The SMILES string of the molecule is O=C(O)c1ccc(Nc2ncc(F)c(-c3ccc(OC(F)(F)F)cc3)n2)cc1. The van der Waals surface area contributed by atoms with E-state index in [4.69, 9.17) is 5.11 Å². The maximum atomic E-state index is 14.1. The predicted octanol–water partition coefficient (Wildman–Crippen LogP) is 4.62. The van der Waals surface area contributed by atoms with Crippen LogP contribution in [0, 0.1) is 5.82 Å². The van der Waals surface area contributed by atoms with E-state index in [1.54, 1.807) is 0 Å². The van der Waals surface area contributed by atoms with Gasteiger partial charge in [-0.1, -0.05) is 0 Å². The second kappa shape index (κ2) is 7.51. The highest BCUT2D eigenvalue weighted by Crippen LogP contribution is 2.27. The Hall–Kier alpha value is -3.69. The molecular formula is C18H11F4N3O3. The van der Waals surface area contributed by atoms with Crippen LogP contribution in [-0.4, -0.2) is 27.4 Å². The molecule has 0 unspecified atom stereocenters. The third kappa shape index (κ3) is 4.72. The lowest BCUT2D eigenvalue weighted by Gasteiger charge is -2.10. The van der Waals surface area contributed by atoms with Crippen molar-refractivity contribution in [2.45, 2.75) is 6.36 Å². The van der Waals surface area contributed by atoms with Crippen LogP contribution in [0.15, 0.2) is 54.7 Å². The van der Waals surface area contributed by atoms with Crippen LogP contribution in [0.2, 0.25) is 0 Å². The number of nitrogens with zero attached hydrogens (tertiary/aromatic N) is 2. The summed E-state index contributed by atoms with van der Waals surface area (Å²) in [5, 5.41) is 11.7. The van der Waals surface area contributed by atoms with Crippen LogP contribution in [-0.2, 0) is 0 Å². The number of alkyl halides is 3. The first-order chi connectivity index (χ1) is 13.2. The van der Waals surface area contributed by atoms with E-state index >= 15 is 0 Å². The molecule has 1 heterocycles. The third-order valence-electron chi connectivity index (χ3n) is 3.49. The van der Waals surface area contributed by atoms with Gasteiger partial charge in [-0.2, -0.15) is 0 Å². The molecule has 0 saturated carbocycles. The van der Waals surface area contributed by atoms with Gasteiger partial charge in [0.2, 0.25) is 5.95 Å². The first-order valence-electron chi connectivity index (χ1n) is 7.70. The monoisotopic (exact) mass is 393 g/mol. The molecule has 0 saturated heterocycles. The van der Waals surface area contributed by atoms with Gasteiger partial charge in [-0.05, 0) is 48.5 Å². The van der Waals surface area contributed by atoms with Gasteiger partial charge in [0, 0.05) is 11.3 Å². The number of nitrogens with one attached hydrogen (secondary N) is 1. The highest BCUT2D eigenvalue weighted by molar-refractivity contribution is 5.88. The second-order valence-electron chi connectivity index (χ2n) is 5.47. The highest BCUT2D eigenvalue weighted by Gasteiger charge is 2.31. The van der Waals surface area contributed by atoms with Gasteiger partial charge in [0.15, 0.2) is 5.82 Å². The maximum Gasteiger partial charge on any atom is 0.573 e. The lowest BCUT2D eigenvalue weighted by molar-refractivity contribution is -0.274. The van der Waals surface area contributed by atoms with Gasteiger partial charge in [0.25, 0.3) is 0 Å². The summed E-state index contributed by atoms with van der Waals surface area (Å²) >= 11 is 0. The van der Waals surface area contributed by atoms with Gasteiger partial charge in [0.1, 0.15) is 11.4 Å². The van der Waals surface area contributed by atoms with Crippen molar-refractivity contribution in [3.8, 4) is 17.0 Å². The molecule has 0 atom stereocenters. The Kier molecular flexibility index (Phi) is 5.12. The minimum atomic E-state index is -4.82. The molecule has 0 bridgehead atoms. The molecule has 144 valence electrons. The summed E-state index contributed by atoms with van der Waals surface area (Å²) in [6.45, 7) is 0. The number of aromatic nitrogens is 2. The average molecular weight is 393 g/mol. The average Bonchev–Trinajstić information content (AvgIpc) is 2.63. The molecule has 6 nitrogen and oxygen atoms in total. The van der Waals surface area contributed by atoms with Crippen LogP contribution in [0.1, 0.15) is 10.4 Å². The van der Waals surface area contributed by atoms with Crippen LogP contribution >= 0.6 is 0 Å². The molecule has 3 aromatic rings. The number of carbonyl (C=O) groups is 1. The molecule has 0 aliphatic heterocycles. The normalized spacial score (nSPS) is 11.1. The number of carboxylic acids is 1. The van der Waals surface area contributed by atoms with Gasteiger partial charge >= 0.3 is 12.3 Å². The van der Waals surface area contributed by atoms with E-state index in [1.165, 1.54) is 36.4 Å². The summed E-state index contributed by atoms with van der Waals surface area (Å²) in [5.74, 6) is -2.27. The molecule has 0 aliphatic rings. The molecule has 3 rings (SSSR count). The van der Waals surface area contributed by atoms with Crippen LogP contribution in [0.4, 0.5) is 29.2 Å². The molecular weight excluding hydrogens is 382 g/mol. The Morgan fingerprint density at radius 2 is 1.68 bits per heavy atom. The second-order valence-corrected chi connectivity index (χ2v) is 5.47. The van der Waals surface area contributed by atoms with Crippen molar-refractivity contribution in [1.82, 2.24) is 9.97 Å². The molecule has 28 heavy (non-hydrogen) atoms. The van der Waals surface area contributed by atoms with Crippen molar-refractivity contribution >= 4 is 17.6 Å². The van der Waals surface area contributed by atoms with Crippen molar-refractivity contribution in [2.24, 2.45) is 0 Å². The Morgan fingerprint density at radius 1 is 1.04 bits per heavy atom. The number of anilines is 2. The molecule has 0 radical (unpaired) electrons. The number of hydrogen-bond donors (Lipinski definition) is 2. The van der Waals surface area contributed by atoms with Gasteiger partial charge in [-0.3, -0.25) is 0 Å². The van der Waals surface area contributed by atoms with Gasteiger partial charge < -0.3 is 15.2 Å². The van der Waals surface area contributed by atoms with Crippen LogP contribution in [0.25, 0.3) is 11.3 Å². The molecule has 2 aromatic carbocycles. The summed E-state index contributed by atoms with van der Waals surface area (Å²) in [6.07, 6.45) is -3.91. The summed E-state index contributed by atoms with van der Waals surface area (Å²) in [6, 6.07) is 10.3. The molecule has 0 fully saturated rings. The fourth-order valence-corrected chi connectivity index (χ4v) is 2.27.